The van der Waals surface area contributed by atoms with Crippen molar-refractivity contribution in [2.24, 2.45) is 0 Å². The lowest BCUT2D eigenvalue weighted by atomic mass is 10.2. The van der Waals surface area contributed by atoms with E-state index >= 15 is 0 Å². The van der Waals surface area contributed by atoms with Crippen molar-refractivity contribution in [2.45, 2.75) is 26.0 Å². The van der Waals surface area contributed by atoms with Crippen LogP contribution in [0.15, 0.2) is 48.5 Å². The number of carbonyl (C=O) groups is 3. The number of nitrogens with one attached hydrogen (secondary N) is 1. The van der Waals surface area contributed by atoms with Crippen LogP contribution >= 0.6 is 0 Å². The summed E-state index contributed by atoms with van der Waals surface area (Å²) in [6, 6.07) is 12.8. The maximum absolute atomic E-state index is 12.9. The molecule has 0 spiro atoms. The molecule has 0 aromatic heterocycles. The number of para-hydroxylation sites is 2. The third-order valence-corrected chi connectivity index (χ3v) is 4.41. The molecule has 1 N–H and O–H groups in total. The Balaban J connectivity index is 1.47. The average molecular weight is 400 g/mol. The SMILES string of the molecule is C[C@@H](OC(=O)CCN1C(=O)COc2ccccc21)C(=O)NCc1ccc(F)cc1. The van der Waals surface area contributed by atoms with Gasteiger partial charge in [-0.2, -0.15) is 0 Å². The summed E-state index contributed by atoms with van der Waals surface area (Å²) >= 11 is 0. The van der Waals surface area contributed by atoms with E-state index in [1.807, 2.05) is 0 Å². The number of halogens is 1. The van der Waals surface area contributed by atoms with Gasteiger partial charge in [-0.25, -0.2) is 4.39 Å². The summed E-state index contributed by atoms with van der Waals surface area (Å²) < 4.78 is 23.4. The minimum absolute atomic E-state index is 0.0599. The maximum atomic E-state index is 12.9. The lowest BCUT2D eigenvalue weighted by Gasteiger charge is -2.29. The Kier molecular flexibility index (Phi) is 6.43. The number of carbonyl (C=O) groups excluding carboxylic acids is 3. The van der Waals surface area contributed by atoms with Crippen LogP contribution < -0.4 is 15.0 Å². The van der Waals surface area contributed by atoms with Gasteiger partial charge in [0.25, 0.3) is 11.8 Å². The van der Waals surface area contributed by atoms with Crippen molar-refractivity contribution in [1.29, 1.82) is 0 Å². The van der Waals surface area contributed by atoms with E-state index in [-0.39, 0.29) is 37.8 Å². The highest BCUT2D eigenvalue weighted by Crippen LogP contribution is 2.31. The summed E-state index contributed by atoms with van der Waals surface area (Å²) in [5, 5.41) is 2.63. The van der Waals surface area contributed by atoms with Gasteiger partial charge in [0, 0.05) is 13.1 Å². The van der Waals surface area contributed by atoms with Gasteiger partial charge in [-0.1, -0.05) is 24.3 Å². The molecule has 2 amide bonds. The van der Waals surface area contributed by atoms with Crippen molar-refractivity contribution in [3.8, 4) is 5.75 Å². The normalized spacial score (nSPS) is 13.9. The predicted molar refractivity (Wildman–Crippen MR) is 103 cm³/mol. The molecular formula is C21H21FN2O5. The number of hydrogen-bond donors (Lipinski definition) is 1. The van der Waals surface area contributed by atoms with E-state index in [9.17, 15) is 18.8 Å². The van der Waals surface area contributed by atoms with Crippen LogP contribution in [0, 0.1) is 5.82 Å². The number of anilines is 1. The Morgan fingerprint density at radius 1 is 1.21 bits per heavy atom. The number of rotatable bonds is 7. The molecule has 0 unspecified atom stereocenters. The van der Waals surface area contributed by atoms with Gasteiger partial charge in [0.2, 0.25) is 0 Å². The maximum Gasteiger partial charge on any atom is 0.308 e. The molecule has 0 aliphatic carbocycles. The van der Waals surface area contributed by atoms with E-state index < -0.39 is 18.0 Å². The monoisotopic (exact) mass is 400 g/mol. The standard InChI is InChI=1S/C21H21FN2O5/c1-14(21(27)23-12-15-6-8-16(22)9-7-15)29-20(26)10-11-24-17-4-2-3-5-18(17)28-13-19(24)25/h2-9,14H,10-13H2,1H3,(H,23,27)/t14-/m1/s1. The van der Waals surface area contributed by atoms with Crippen LogP contribution in [0.4, 0.5) is 10.1 Å². The van der Waals surface area contributed by atoms with E-state index in [0.717, 1.165) is 5.56 Å². The quantitative estimate of drug-likeness (QED) is 0.721. The fraction of sp³-hybridized carbons (Fsp3) is 0.286. The third-order valence-electron chi connectivity index (χ3n) is 4.41. The number of benzene rings is 2. The van der Waals surface area contributed by atoms with E-state index in [4.69, 9.17) is 9.47 Å². The molecule has 1 heterocycles. The molecule has 0 saturated carbocycles. The first-order valence-corrected chi connectivity index (χ1v) is 9.18. The minimum atomic E-state index is -0.990. The zero-order chi connectivity index (χ0) is 20.8. The summed E-state index contributed by atoms with van der Waals surface area (Å²) in [4.78, 5) is 37.8. The number of esters is 1. The highest BCUT2D eigenvalue weighted by atomic mass is 19.1. The van der Waals surface area contributed by atoms with Gasteiger partial charge in [-0.15, -0.1) is 0 Å². The van der Waals surface area contributed by atoms with E-state index in [2.05, 4.69) is 5.32 Å². The number of fused-ring (bicyclic) bond motifs is 1. The van der Waals surface area contributed by atoms with Crippen LogP contribution in [0.5, 0.6) is 5.75 Å². The molecule has 8 heteroatoms. The van der Waals surface area contributed by atoms with Crippen molar-refractivity contribution in [3.63, 3.8) is 0 Å². The highest BCUT2D eigenvalue weighted by Gasteiger charge is 2.26. The fourth-order valence-corrected chi connectivity index (χ4v) is 2.85. The molecule has 152 valence electrons. The Morgan fingerprint density at radius 3 is 2.69 bits per heavy atom. The average Bonchev–Trinajstić information content (AvgIpc) is 2.72. The first-order chi connectivity index (χ1) is 13.9. The molecule has 2 aromatic carbocycles. The van der Waals surface area contributed by atoms with Crippen LogP contribution in [0.3, 0.4) is 0 Å². The van der Waals surface area contributed by atoms with E-state index in [1.165, 1.54) is 24.0 Å². The second-order valence-corrected chi connectivity index (χ2v) is 6.53. The second kappa shape index (κ2) is 9.18. The Bertz CT molecular complexity index is 900. The Morgan fingerprint density at radius 2 is 1.93 bits per heavy atom. The van der Waals surface area contributed by atoms with Crippen LogP contribution in [-0.4, -0.2) is 37.0 Å². The number of ether oxygens (including phenoxy) is 2. The summed E-state index contributed by atoms with van der Waals surface area (Å²) in [7, 11) is 0. The van der Waals surface area contributed by atoms with Crippen molar-refractivity contribution >= 4 is 23.5 Å². The molecule has 7 nitrogen and oxygen atoms in total. The van der Waals surface area contributed by atoms with Crippen molar-refractivity contribution < 1.29 is 28.2 Å². The van der Waals surface area contributed by atoms with E-state index in [0.29, 0.717) is 11.4 Å². The summed E-state index contributed by atoms with van der Waals surface area (Å²) in [5.41, 5.74) is 1.32. The van der Waals surface area contributed by atoms with Gasteiger partial charge in [-0.3, -0.25) is 14.4 Å². The molecule has 0 bridgehead atoms. The van der Waals surface area contributed by atoms with Gasteiger partial charge in [0.15, 0.2) is 12.7 Å². The first-order valence-electron chi connectivity index (χ1n) is 9.18. The fourth-order valence-electron chi connectivity index (χ4n) is 2.85. The molecule has 0 saturated heterocycles. The Hall–Kier alpha value is -3.42. The van der Waals surface area contributed by atoms with Crippen LogP contribution in [0.1, 0.15) is 18.9 Å². The molecule has 3 rings (SSSR count). The van der Waals surface area contributed by atoms with Crippen LogP contribution in [-0.2, 0) is 25.7 Å². The summed E-state index contributed by atoms with van der Waals surface area (Å²) in [6.07, 6.45) is -1.05. The van der Waals surface area contributed by atoms with Gasteiger partial charge in [-0.05, 0) is 36.8 Å². The lowest BCUT2D eigenvalue weighted by Crippen LogP contribution is -2.41. The Labute approximate surface area is 167 Å². The van der Waals surface area contributed by atoms with E-state index in [1.54, 1.807) is 36.4 Å². The van der Waals surface area contributed by atoms with Gasteiger partial charge in [0.05, 0.1) is 12.1 Å². The molecule has 0 radical (unpaired) electrons. The number of amides is 2. The van der Waals surface area contributed by atoms with Gasteiger partial charge < -0.3 is 19.7 Å². The molecule has 1 aliphatic heterocycles. The number of hydrogen-bond acceptors (Lipinski definition) is 5. The summed E-state index contributed by atoms with van der Waals surface area (Å²) in [6.45, 7) is 1.70. The smallest absolute Gasteiger partial charge is 0.308 e. The second-order valence-electron chi connectivity index (χ2n) is 6.53. The van der Waals surface area contributed by atoms with Crippen molar-refractivity contribution in [2.75, 3.05) is 18.1 Å². The molecule has 1 aliphatic rings. The van der Waals surface area contributed by atoms with Gasteiger partial charge in [0.1, 0.15) is 11.6 Å². The molecule has 2 aromatic rings. The summed E-state index contributed by atoms with van der Waals surface area (Å²) in [5.74, 6) is -1.08. The van der Waals surface area contributed by atoms with Crippen LogP contribution in [0.2, 0.25) is 0 Å². The minimum Gasteiger partial charge on any atom is -0.482 e. The van der Waals surface area contributed by atoms with Crippen molar-refractivity contribution in [3.05, 3.63) is 59.9 Å². The number of nitrogens with zero attached hydrogens (tertiary/aromatic N) is 1. The molecular weight excluding hydrogens is 379 g/mol. The molecule has 29 heavy (non-hydrogen) atoms. The van der Waals surface area contributed by atoms with Gasteiger partial charge >= 0.3 is 5.97 Å². The predicted octanol–water partition coefficient (Wildman–Crippen LogP) is 2.19. The first kappa shape index (κ1) is 20.3. The van der Waals surface area contributed by atoms with Crippen molar-refractivity contribution in [1.82, 2.24) is 5.32 Å². The molecule has 1 atom stereocenters. The highest BCUT2D eigenvalue weighted by molar-refractivity contribution is 5.98. The zero-order valence-electron chi connectivity index (χ0n) is 15.9. The zero-order valence-corrected chi connectivity index (χ0v) is 15.9. The van der Waals surface area contributed by atoms with Crippen LogP contribution in [0.25, 0.3) is 0 Å². The lowest BCUT2D eigenvalue weighted by molar-refractivity contribution is -0.154. The largest absolute Gasteiger partial charge is 0.482 e. The molecule has 0 fully saturated rings. The topological polar surface area (TPSA) is 84.9 Å². The third kappa shape index (κ3) is 5.31.